The van der Waals surface area contributed by atoms with Gasteiger partial charge in [-0.05, 0) is 37.5 Å². The molecule has 2 N–H and O–H groups in total. The van der Waals surface area contributed by atoms with E-state index in [0.717, 1.165) is 18.4 Å². The van der Waals surface area contributed by atoms with Gasteiger partial charge < -0.3 is 10.4 Å². The number of hydrogen-bond acceptors (Lipinski definition) is 2. The second kappa shape index (κ2) is 7.89. The van der Waals surface area contributed by atoms with Crippen LogP contribution < -0.4 is 5.32 Å². The Hall–Kier alpha value is -1.42. The summed E-state index contributed by atoms with van der Waals surface area (Å²) < 4.78 is 12.8. The number of halogens is 1. The fourth-order valence-corrected chi connectivity index (χ4v) is 2.06. The highest BCUT2D eigenvalue weighted by atomic mass is 19.1. The third-order valence-electron chi connectivity index (χ3n) is 3.09. The Balaban J connectivity index is 2.49. The predicted octanol–water partition coefficient (Wildman–Crippen LogP) is 2.99. The summed E-state index contributed by atoms with van der Waals surface area (Å²) in [5, 5.41) is 12.3. The fourth-order valence-electron chi connectivity index (χ4n) is 2.06. The highest BCUT2D eigenvalue weighted by Crippen LogP contribution is 2.08. The van der Waals surface area contributed by atoms with Crippen LogP contribution in [-0.4, -0.2) is 23.2 Å². The molecule has 0 heterocycles. The van der Waals surface area contributed by atoms with Gasteiger partial charge in [0, 0.05) is 6.04 Å². The van der Waals surface area contributed by atoms with Crippen molar-refractivity contribution < 1.29 is 14.3 Å². The van der Waals surface area contributed by atoms with Crippen molar-refractivity contribution in [1.29, 1.82) is 0 Å². The van der Waals surface area contributed by atoms with Crippen molar-refractivity contribution in [3.63, 3.8) is 0 Å². The molecule has 0 amide bonds. The van der Waals surface area contributed by atoms with Gasteiger partial charge in [0.2, 0.25) is 0 Å². The van der Waals surface area contributed by atoms with Crippen LogP contribution in [0.1, 0.15) is 38.7 Å². The van der Waals surface area contributed by atoms with Gasteiger partial charge in [0.25, 0.3) is 0 Å². The lowest BCUT2D eigenvalue weighted by molar-refractivity contribution is -0.139. The van der Waals surface area contributed by atoms with Gasteiger partial charge in [0.1, 0.15) is 11.9 Å². The first-order valence-electron chi connectivity index (χ1n) is 6.76. The van der Waals surface area contributed by atoms with Crippen molar-refractivity contribution in [2.45, 2.75) is 51.6 Å². The van der Waals surface area contributed by atoms with Gasteiger partial charge in [-0.3, -0.25) is 4.79 Å². The van der Waals surface area contributed by atoms with E-state index >= 15 is 0 Å². The van der Waals surface area contributed by atoms with Gasteiger partial charge in [0.05, 0.1) is 0 Å². The van der Waals surface area contributed by atoms with Crippen molar-refractivity contribution in [2.24, 2.45) is 0 Å². The minimum Gasteiger partial charge on any atom is -0.480 e. The van der Waals surface area contributed by atoms with Crippen LogP contribution in [0.25, 0.3) is 0 Å². The number of benzene rings is 1. The van der Waals surface area contributed by atoms with Crippen molar-refractivity contribution in [3.8, 4) is 0 Å². The van der Waals surface area contributed by atoms with Crippen LogP contribution in [0, 0.1) is 5.82 Å². The Morgan fingerprint density at radius 1 is 1.37 bits per heavy atom. The summed E-state index contributed by atoms with van der Waals surface area (Å²) in [6.45, 7) is 3.99. The Kier molecular flexibility index (Phi) is 6.50. The summed E-state index contributed by atoms with van der Waals surface area (Å²) in [5.41, 5.74) is 1.00. The second-order valence-corrected chi connectivity index (χ2v) is 4.93. The molecule has 0 bridgehead atoms. The Labute approximate surface area is 113 Å². The van der Waals surface area contributed by atoms with Crippen molar-refractivity contribution in [2.75, 3.05) is 0 Å². The maximum absolute atomic E-state index is 12.8. The summed E-state index contributed by atoms with van der Waals surface area (Å²) in [4.78, 5) is 11.1. The molecular formula is C15H22FNO2. The summed E-state index contributed by atoms with van der Waals surface area (Å²) in [6, 6.07) is 5.85. The minimum atomic E-state index is -0.806. The average molecular weight is 267 g/mol. The zero-order chi connectivity index (χ0) is 14.3. The van der Waals surface area contributed by atoms with Gasteiger partial charge in [-0.25, -0.2) is 4.39 Å². The maximum Gasteiger partial charge on any atom is 0.320 e. The lowest BCUT2D eigenvalue weighted by atomic mass is 10.0. The Bertz CT molecular complexity index is 392. The first-order chi connectivity index (χ1) is 9.02. The summed E-state index contributed by atoms with van der Waals surface area (Å²) in [5.74, 6) is -1.06. The van der Waals surface area contributed by atoms with E-state index in [1.807, 2.05) is 13.8 Å². The van der Waals surface area contributed by atoms with E-state index in [1.165, 1.54) is 12.1 Å². The third kappa shape index (κ3) is 5.83. The Morgan fingerprint density at radius 3 is 2.53 bits per heavy atom. The molecule has 1 aromatic rings. The number of rotatable bonds is 8. The number of carbonyl (C=O) groups is 1. The molecule has 0 aliphatic rings. The smallest absolute Gasteiger partial charge is 0.320 e. The molecule has 0 aromatic heterocycles. The lowest BCUT2D eigenvalue weighted by Gasteiger charge is -2.20. The van der Waals surface area contributed by atoms with E-state index in [-0.39, 0.29) is 11.9 Å². The van der Waals surface area contributed by atoms with Crippen LogP contribution in [0.15, 0.2) is 24.3 Å². The van der Waals surface area contributed by atoms with Crippen molar-refractivity contribution >= 4 is 5.97 Å². The summed E-state index contributed by atoms with van der Waals surface area (Å²) >= 11 is 0. The van der Waals surface area contributed by atoms with Crippen molar-refractivity contribution in [3.05, 3.63) is 35.6 Å². The quantitative estimate of drug-likeness (QED) is 0.761. The molecule has 0 saturated carbocycles. The molecule has 0 spiro atoms. The van der Waals surface area contributed by atoms with E-state index in [9.17, 15) is 9.18 Å². The first-order valence-corrected chi connectivity index (χ1v) is 6.76. The second-order valence-electron chi connectivity index (χ2n) is 4.93. The van der Waals surface area contributed by atoms with Gasteiger partial charge in [-0.2, -0.15) is 0 Å². The third-order valence-corrected chi connectivity index (χ3v) is 3.09. The molecule has 1 aromatic carbocycles. The lowest BCUT2D eigenvalue weighted by Crippen LogP contribution is -2.42. The molecule has 0 radical (unpaired) electrons. The zero-order valence-electron chi connectivity index (χ0n) is 11.5. The molecule has 4 heteroatoms. The number of carboxylic acid groups (broad SMARTS) is 1. The summed E-state index contributed by atoms with van der Waals surface area (Å²) in [7, 11) is 0. The molecule has 106 valence electrons. The Morgan fingerprint density at radius 2 is 2.00 bits per heavy atom. The molecule has 2 unspecified atom stereocenters. The number of carboxylic acids is 1. The molecule has 2 atom stereocenters. The highest BCUT2D eigenvalue weighted by Gasteiger charge is 2.18. The highest BCUT2D eigenvalue weighted by molar-refractivity contribution is 5.73. The topological polar surface area (TPSA) is 49.3 Å². The first kappa shape index (κ1) is 15.6. The van der Waals surface area contributed by atoms with Crippen molar-refractivity contribution in [1.82, 2.24) is 5.32 Å². The van der Waals surface area contributed by atoms with Crippen LogP contribution >= 0.6 is 0 Å². The fraction of sp³-hybridized carbons (Fsp3) is 0.533. The van der Waals surface area contributed by atoms with Crippen LogP contribution in [0.4, 0.5) is 4.39 Å². The van der Waals surface area contributed by atoms with E-state index < -0.39 is 12.0 Å². The molecule has 3 nitrogen and oxygen atoms in total. The standard InChI is InChI=1S/C15H22FNO2/c1-3-4-5-14(15(18)19)17-11(2)10-12-6-8-13(16)9-7-12/h6-9,11,14,17H,3-5,10H2,1-2H3,(H,18,19). The molecular weight excluding hydrogens is 245 g/mol. The van der Waals surface area contributed by atoms with Gasteiger partial charge in [-0.15, -0.1) is 0 Å². The summed E-state index contributed by atoms with van der Waals surface area (Å²) in [6.07, 6.45) is 3.21. The van der Waals surface area contributed by atoms with E-state index in [1.54, 1.807) is 12.1 Å². The number of aliphatic carboxylic acids is 1. The van der Waals surface area contributed by atoms with Gasteiger partial charge >= 0.3 is 5.97 Å². The van der Waals surface area contributed by atoms with Gasteiger partial charge in [-0.1, -0.05) is 31.9 Å². The molecule has 1 rings (SSSR count). The molecule has 0 aliphatic heterocycles. The number of hydrogen-bond donors (Lipinski definition) is 2. The molecule has 0 saturated heterocycles. The average Bonchev–Trinajstić information content (AvgIpc) is 2.37. The van der Waals surface area contributed by atoms with Gasteiger partial charge in [0.15, 0.2) is 0 Å². The minimum absolute atomic E-state index is 0.0448. The zero-order valence-corrected chi connectivity index (χ0v) is 11.5. The molecule has 19 heavy (non-hydrogen) atoms. The van der Waals surface area contributed by atoms with Crippen LogP contribution in [0.2, 0.25) is 0 Å². The van der Waals surface area contributed by atoms with E-state index in [4.69, 9.17) is 5.11 Å². The predicted molar refractivity (Wildman–Crippen MR) is 73.7 cm³/mol. The van der Waals surface area contributed by atoms with Crippen LogP contribution in [0.3, 0.4) is 0 Å². The molecule has 0 fully saturated rings. The maximum atomic E-state index is 12.8. The van der Waals surface area contributed by atoms with Crippen LogP contribution in [0.5, 0.6) is 0 Å². The van der Waals surface area contributed by atoms with Crippen LogP contribution in [-0.2, 0) is 11.2 Å². The van der Waals surface area contributed by atoms with E-state index in [2.05, 4.69) is 5.32 Å². The normalized spacial score (nSPS) is 14.1. The number of unbranched alkanes of at least 4 members (excludes halogenated alkanes) is 1. The van der Waals surface area contributed by atoms with E-state index in [0.29, 0.717) is 12.8 Å². The molecule has 0 aliphatic carbocycles. The largest absolute Gasteiger partial charge is 0.480 e. The number of nitrogens with one attached hydrogen (secondary N) is 1. The monoisotopic (exact) mass is 267 g/mol. The SMILES string of the molecule is CCCCC(NC(C)Cc1ccc(F)cc1)C(=O)O.